The van der Waals surface area contributed by atoms with Gasteiger partial charge in [0, 0.05) is 19.0 Å². The van der Waals surface area contributed by atoms with E-state index in [0.717, 1.165) is 38.9 Å². The largest absolute Gasteiger partial charge is 0.354 e. The van der Waals surface area contributed by atoms with Gasteiger partial charge in [-0.05, 0) is 32.4 Å². The molecule has 2 rings (SSSR count). The Bertz CT molecular complexity index is 308. The number of hydrogen-bond acceptors (Lipinski definition) is 4. The fourth-order valence-electron chi connectivity index (χ4n) is 2.83. The lowest BCUT2D eigenvalue weighted by atomic mass is 9.91. The van der Waals surface area contributed by atoms with Crippen LogP contribution in [0.2, 0.25) is 0 Å². The minimum absolute atomic E-state index is 0.126. The van der Waals surface area contributed by atoms with Gasteiger partial charge in [-0.25, -0.2) is 5.84 Å². The number of likely N-dealkylation sites (tertiary alicyclic amines) is 1. The second-order valence-electron chi connectivity index (χ2n) is 4.77. The van der Waals surface area contributed by atoms with E-state index in [1.54, 1.807) is 0 Å². The summed E-state index contributed by atoms with van der Waals surface area (Å²) < 4.78 is 0. The van der Waals surface area contributed by atoms with Crippen molar-refractivity contribution in [2.45, 2.75) is 31.7 Å². The summed E-state index contributed by atoms with van der Waals surface area (Å²) in [5.74, 6) is 5.25. The molecule has 0 aromatic carbocycles. The number of carbonyl (C=O) groups is 2. The van der Waals surface area contributed by atoms with E-state index >= 15 is 0 Å². The molecule has 6 heteroatoms. The van der Waals surface area contributed by atoms with E-state index in [0.29, 0.717) is 12.5 Å². The van der Waals surface area contributed by atoms with Crippen molar-refractivity contribution in [3.63, 3.8) is 0 Å². The first-order chi connectivity index (χ1) is 8.22. The summed E-state index contributed by atoms with van der Waals surface area (Å²) in [5.41, 5.74) is 2.13. The first-order valence-corrected chi connectivity index (χ1v) is 6.23. The highest BCUT2D eigenvalue weighted by Crippen LogP contribution is 2.27. The van der Waals surface area contributed by atoms with Gasteiger partial charge in [-0.1, -0.05) is 0 Å². The number of hydrazine groups is 1. The number of nitrogens with one attached hydrogen (secondary N) is 2. The molecule has 0 radical (unpaired) electrons. The van der Waals surface area contributed by atoms with E-state index in [2.05, 4.69) is 15.6 Å². The highest BCUT2D eigenvalue weighted by atomic mass is 16.2. The van der Waals surface area contributed by atoms with Crippen molar-refractivity contribution in [1.29, 1.82) is 0 Å². The Labute approximate surface area is 101 Å². The molecule has 17 heavy (non-hydrogen) atoms. The third-order valence-corrected chi connectivity index (χ3v) is 3.73. The van der Waals surface area contributed by atoms with Crippen LogP contribution in [0.4, 0.5) is 0 Å². The monoisotopic (exact) mass is 240 g/mol. The maximum Gasteiger partial charge on any atom is 0.233 e. The minimum atomic E-state index is -0.126. The molecule has 2 fully saturated rings. The van der Waals surface area contributed by atoms with Crippen LogP contribution < -0.4 is 16.6 Å². The lowest BCUT2D eigenvalue weighted by molar-refractivity contribution is -0.124. The Morgan fingerprint density at radius 2 is 2.41 bits per heavy atom. The number of fused-ring (bicyclic) bond motifs is 1. The number of hydrogen-bond donors (Lipinski definition) is 3. The van der Waals surface area contributed by atoms with Crippen LogP contribution in [0.3, 0.4) is 0 Å². The van der Waals surface area contributed by atoms with Crippen LogP contribution in [0.1, 0.15) is 25.7 Å². The maximum absolute atomic E-state index is 11.6. The quantitative estimate of drug-likeness (QED) is 0.333. The molecule has 4 N–H and O–H groups in total. The highest BCUT2D eigenvalue weighted by molar-refractivity contribution is 5.82. The van der Waals surface area contributed by atoms with Gasteiger partial charge in [0.2, 0.25) is 11.8 Å². The number of carbonyl (C=O) groups excluding carboxylic acids is 2. The fraction of sp³-hybridized carbons (Fsp3) is 0.818. The average Bonchev–Trinajstić information content (AvgIpc) is 2.72. The molecule has 0 saturated carbocycles. The van der Waals surface area contributed by atoms with Crippen LogP contribution >= 0.6 is 0 Å². The first kappa shape index (κ1) is 12.3. The van der Waals surface area contributed by atoms with E-state index in [1.807, 2.05) is 0 Å². The molecule has 96 valence electrons. The standard InChI is InChI=1S/C11H20N4O2/c12-14-10(16)4-2-6-15-5-1-3-8-9(15)7-13-11(8)17/h8-9H,1-7,12H2,(H,13,17)(H,14,16). The third kappa shape index (κ3) is 2.76. The number of piperidine rings is 1. The zero-order valence-electron chi connectivity index (χ0n) is 9.95. The molecule has 2 aliphatic rings. The molecule has 0 aliphatic carbocycles. The Morgan fingerprint density at radius 1 is 1.59 bits per heavy atom. The second-order valence-corrected chi connectivity index (χ2v) is 4.77. The van der Waals surface area contributed by atoms with Gasteiger partial charge in [0.1, 0.15) is 0 Å². The molecular formula is C11H20N4O2. The van der Waals surface area contributed by atoms with Gasteiger partial charge in [-0.2, -0.15) is 0 Å². The molecule has 2 atom stereocenters. The van der Waals surface area contributed by atoms with Gasteiger partial charge in [0.15, 0.2) is 0 Å². The summed E-state index contributed by atoms with van der Waals surface area (Å²) in [6.45, 7) is 2.65. The molecule has 2 amide bonds. The van der Waals surface area contributed by atoms with Crippen molar-refractivity contribution in [2.75, 3.05) is 19.6 Å². The van der Waals surface area contributed by atoms with Crippen molar-refractivity contribution in [3.05, 3.63) is 0 Å². The van der Waals surface area contributed by atoms with Crippen molar-refractivity contribution in [1.82, 2.24) is 15.6 Å². The van der Waals surface area contributed by atoms with Crippen molar-refractivity contribution in [3.8, 4) is 0 Å². The van der Waals surface area contributed by atoms with Crippen LogP contribution in [-0.2, 0) is 9.59 Å². The second kappa shape index (κ2) is 5.46. The fourth-order valence-corrected chi connectivity index (χ4v) is 2.83. The van der Waals surface area contributed by atoms with Gasteiger partial charge in [-0.3, -0.25) is 19.9 Å². The summed E-state index contributed by atoms with van der Waals surface area (Å²) >= 11 is 0. The predicted octanol–water partition coefficient (Wildman–Crippen LogP) is -1.03. The Morgan fingerprint density at radius 3 is 3.18 bits per heavy atom. The number of rotatable bonds is 4. The molecule has 0 aromatic heterocycles. The molecule has 0 aromatic rings. The molecule has 2 saturated heterocycles. The van der Waals surface area contributed by atoms with Gasteiger partial charge in [0.05, 0.1) is 5.92 Å². The van der Waals surface area contributed by atoms with E-state index < -0.39 is 0 Å². The molecular weight excluding hydrogens is 220 g/mol. The molecule has 0 bridgehead atoms. The predicted molar refractivity (Wildman–Crippen MR) is 62.7 cm³/mol. The van der Waals surface area contributed by atoms with Crippen molar-refractivity contribution < 1.29 is 9.59 Å². The Kier molecular flexibility index (Phi) is 3.96. The van der Waals surface area contributed by atoms with Gasteiger partial charge in [0.25, 0.3) is 0 Å². The maximum atomic E-state index is 11.6. The number of nitrogens with zero attached hydrogens (tertiary/aromatic N) is 1. The smallest absolute Gasteiger partial charge is 0.233 e. The van der Waals surface area contributed by atoms with E-state index in [9.17, 15) is 9.59 Å². The zero-order valence-corrected chi connectivity index (χ0v) is 9.95. The summed E-state index contributed by atoms with van der Waals surface area (Å²) in [6.07, 6.45) is 3.31. The Hall–Kier alpha value is -1.14. The van der Waals surface area contributed by atoms with E-state index in [1.165, 1.54) is 0 Å². The summed E-state index contributed by atoms with van der Waals surface area (Å²) in [7, 11) is 0. The summed E-state index contributed by atoms with van der Waals surface area (Å²) in [4.78, 5) is 24.9. The molecule has 2 unspecified atom stereocenters. The molecule has 0 spiro atoms. The average molecular weight is 240 g/mol. The summed E-state index contributed by atoms with van der Waals surface area (Å²) in [6, 6.07) is 0.331. The zero-order chi connectivity index (χ0) is 12.3. The molecule has 2 aliphatic heterocycles. The van der Waals surface area contributed by atoms with E-state index in [4.69, 9.17) is 5.84 Å². The lowest BCUT2D eigenvalue weighted by Gasteiger charge is -2.35. The topological polar surface area (TPSA) is 87.5 Å². The molecule has 2 heterocycles. The van der Waals surface area contributed by atoms with Crippen LogP contribution in [0, 0.1) is 5.92 Å². The van der Waals surface area contributed by atoms with Gasteiger partial charge < -0.3 is 5.32 Å². The number of nitrogens with two attached hydrogens (primary N) is 1. The minimum Gasteiger partial charge on any atom is -0.354 e. The van der Waals surface area contributed by atoms with Crippen LogP contribution in [-0.4, -0.2) is 42.4 Å². The number of amides is 2. The third-order valence-electron chi connectivity index (χ3n) is 3.73. The van der Waals surface area contributed by atoms with Gasteiger partial charge >= 0.3 is 0 Å². The van der Waals surface area contributed by atoms with Gasteiger partial charge in [-0.15, -0.1) is 0 Å². The van der Waals surface area contributed by atoms with Crippen LogP contribution in [0.5, 0.6) is 0 Å². The van der Waals surface area contributed by atoms with Crippen molar-refractivity contribution >= 4 is 11.8 Å². The summed E-state index contributed by atoms with van der Waals surface area (Å²) in [5, 5.41) is 2.92. The molecule has 6 nitrogen and oxygen atoms in total. The van der Waals surface area contributed by atoms with E-state index in [-0.39, 0.29) is 17.7 Å². The van der Waals surface area contributed by atoms with Crippen LogP contribution in [0.25, 0.3) is 0 Å². The Balaban J connectivity index is 1.80. The first-order valence-electron chi connectivity index (χ1n) is 6.23. The van der Waals surface area contributed by atoms with Crippen LogP contribution in [0.15, 0.2) is 0 Å². The van der Waals surface area contributed by atoms with Crippen molar-refractivity contribution in [2.24, 2.45) is 11.8 Å². The highest BCUT2D eigenvalue weighted by Gasteiger charge is 2.40. The normalized spacial score (nSPS) is 28.6. The lowest BCUT2D eigenvalue weighted by Crippen LogP contribution is -2.46. The SMILES string of the molecule is NNC(=O)CCCN1CCCC2C(=O)NCC21.